The van der Waals surface area contributed by atoms with E-state index in [1.165, 1.54) is 18.9 Å². The topological polar surface area (TPSA) is 28.2 Å². The molecule has 0 bridgehead atoms. The molecule has 0 saturated carbocycles. The van der Waals surface area contributed by atoms with Crippen molar-refractivity contribution in [1.82, 2.24) is 9.88 Å². The third-order valence-corrected chi connectivity index (χ3v) is 5.25. The molecule has 0 amide bonds. The van der Waals surface area contributed by atoms with Gasteiger partial charge in [0.1, 0.15) is 0 Å². The zero-order chi connectivity index (χ0) is 20.6. The standard InChI is InChI=1S/C22H32F3N3/c1-4-13-28(16-17(5-2)6-3)14-7-11-26-20-10-12-27-21-15-18(22(23,24)25)8-9-19(20)21/h8-10,12,15,17H,4-7,11,13-14,16H2,1-3H3,(H,26,27). The van der Waals surface area contributed by atoms with Crippen molar-refractivity contribution in [1.29, 1.82) is 0 Å². The molecule has 0 unspecified atom stereocenters. The van der Waals surface area contributed by atoms with E-state index in [-0.39, 0.29) is 0 Å². The van der Waals surface area contributed by atoms with Crippen LogP contribution in [0.1, 0.15) is 52.0 Å². The summed E-state index contributed by atoms with van der Waals surface area (Å²) in [5.41, 5.74) is 0.531. The van der Waals surface area contributed by atoms with Crippen LogP contribution in [0.2, 0.25) is 0 Å². The van der Waals surface area contributed by atoms with Crippen LogP contribution in [0.25, 0.3) is 10.9 Å². The average molecular weight is 396 g/mol. The van der Waals surface area contributed by atoms with Gasteiger partial charge in [0.2, 0.25) is 0 Å². The first kappa shape index (κ1) is 22.5. The summed E-state index contributed by atoms with van der Waals surface area (Å²) < 4.78 is 38.7. The van der Waals surface area contributed by atoms with Crippen LogP contribution >= 0.6 is 0 Å². The molecule has 1 heterocycles. The second kappa shape index (κ2) is 10.6. The van der Waals surface area contributed by atoms with Gasteiger partial charge in [0.25, 0.3) is 0 Å². The Morgan fingerprint density at radius 2 is 1.82 bits per heavy atom. The molecule has 0 aliphatic heterocycles. The normalized spacial score (nSPS) is 12.3. The molecule has 2 aromatic rings. The molecule has 1 N–H and O–H groups in total. The highest BCUT2D eigenvalue weighted by Gasteiger charge is 2.30. The smallest absolute Gasteiger partial charge is 0.384 e. The van der Waals surface area contributed by atoms with Crippen LogP contribution in [-0.2, 0) is 6.18 Å². The van der Waals surface area contributed by atoms with Crippen LogP contribution in [0.3, 0.4) is 0 Å². The molecule has 0 radical (unpaired) electrons. The highest BCUT2D eigenvalue weighted by Crippen LogP contribution is 2.32. The summed E-state index contributed by atoms with van der Waals surface area (Å²) in [5.74, 6) is 0.742. The van der Waals surface area contributed by atoms with E-state index in [0.29, 0.717) is 5.52 Å². The Bertz CT molecular complexity index is 727. The van der Waals surface area contributed by atoms with Crippen LogP contribution in [0.5, 0.6) is 0 Å². The van der Waals surface area contributed by atoms with Crippen molar-refractivity contribution in [2.75, 3.05) is 31.5 Å². The molecule has 156 valence electrons. The van der Waals surface area contributed by atoms with Crippen molar-refractivity contribution in [3.05, 3.63) is 36.0 Å². The molecule has 1 aromatic heterocycles. The van der Waals surface area contributed by atoms with Gasteiger partial charge in [-0.15, -0.1) is 0 Å². The molecule has 0 saturated heterocycles. The van der Waals surface area contributed by atoms with Gasteiger partial charge in [-0.2, -0.15) is 13.2 Å². The number of rotatable bonds is 11. The second-order valence-corrected chi connectivity index (χ2v) is 7.35. The highest BCUT2D eigenvalue weighted by molar-refractivity contribution is 5.91. The summed E-state index contributed by atoms with van der Waals surface area (Å²) >= 11 is 0. The van der Waals surface area contributed by atoms with Gasteiger partial charge < -0.3 is 10.2 Å². The van der Waals surface area contributed by atoms with Crippen LogP contribution in [-0.4, -0.2) is 36.1 Å². The number of nitrogens with one attached hydrogen (secondary N) is 1. The van der Waals surface area contributed by atoms with Gasteiger partial charge in [-0.3, -0.25) is 4.98 Å². The van der Waals surface area contributed by atoms with Crippen molar-refractivity contribution in [2.45, 2.75) is 52.6 Å². The zero-order valence-electron chi connectivity index (χ0n) is 17.1. The minimum atomic E-state index is -4.35. The quantitative estimate of drug-likeness (QED) is 0.459. The predicted octanol–water partition coefficient (Wildman–Crippen LogP) is 6.20. The number of aromatic nitrogens is 1. The number of benzene rings is 1. The van der Waals surface area contributed by atoms with Gasteiger partial charge in [0, 0.05) is 30.4 Å². The lowest BCUT2D eigenvalue weighted by atomic mass is 10.0. The fourth-order valence-electron chi connectivity index (χ4n) is 3.53. The summed E-state index contributed by atoms with van der Waals surface area (Å²) in [5, 5.41) is 4.10. The number of fused-ring (bicyclic) bond motifs is 1. The summed E-state index contributed by atoms with van der Waals surface area (Å²) in [6.45, 7) is 10.8. The predicted molar refractivity (Wildman–Crippen MR) is 111 cm³/mol. The van der Waals surface area contributed by atoms with Gasteiger partial charge in [-0.1, -0.05) is 39.7 Å². The Morgan fingerprint density at radius 3 is 2.46 bits per heavy atom. The van der Waals surface area contributed by atoms with E-state index in [9.17, 15) is 13.2 Å². The second-order valence-electron chi connectivity index (χ2n) is 7.35. The molecule has 0 aliphatic carbocycles. The van der Waals surface area contributed by atoms with Gasteiger partial charge in [0.15, 0.2) is 0 Å². The maximum atomic E-state index is 12.9. The fraction of sp³-hybridized carbons (Fsp3) is 0.591. The lowest BCUT2D eigenvalue weighted by molar-refractivity contribution is -0.137. The monoisotopic (exact) mass is 395 g/mol. The third kappa shape index (κ3) is 6.36. The number of alkyl halides is 3. The largest absolute Gasteiger partial charge is 0.416 e. The van der Waals surface area contributed by atoms with Gasteiger partial charge >= 0.3 is 6.18 Å². The molecular formula is C22H32F3N3. The summed E-state index contributed by atoms with van der Waals surface area (Å²) in [6.07, 6.45) is 1.75. The summed E-state index contributed by atoms with van der Waals surface area (Å²) in [4.78, 5) is 6.63. The number of hydrogen-bond acceptors (Lipinski definition) is 3. The first-order valence-electron chi connectivity index (χ1n) is 10.3. The molecule has 0 aliphatic rings. The van der Waals surface area contributed by atoms with Crippen LogP contribution in [0, 0.1) is 5.92 Å². The number of hydrogen-bond donors (Lipinski definition) is 1. The fourth-order valence-corrected chi connectivity index (χ4v) is 3.53. The Hall–Kier alpha value is -1.82. The first-order chi connectivity index (χ1) is 13.4. The van der Waals surface area contributed by atoms with E-state index < -0.39 is 11.7 Å². The van der Waals surface area contributed by atoms with Crippen molar-refractivity contribution >= 4 is 16.6 Å². The van der Waals surface area contributed by atoms with Gasteiger partial charge in [0.05, 0.1) is 11.1 Å². The van der Waals surface area contributed by atoms with Crippen molar-refractivity contribution in [3.8, 4) is 0 Å². The third-order valence-electron chi connectivity index (χ3n) is 5.25. The Balaban J connectivity index is 1.95. The zero-order valence-corrected chi connectivity index (χ0v) is 17.1. The number of halogens is 3. The lowest BCUT2D eigenvalue weighted by Gasteiger charge is -2.26. The Morgan fingerprint density at radius 1 is 1.07 bits per heavy atom. The maximum absolute atomic E-state index is 12.9. The lowest BCUT2D eigenvalue weighted by Crippen LogP contribution is -2.32. The average Bonchev–Trinajstić information content (AvgIpc) is 2.68. The highest BCUT2D eigenvalue weighted by atomic mass is 19.4. The molecule has 3 nitrogen and oxygen atoms in total. The van der Waals surface area contributed by atoms with E-state index in [1.54, 1.807) is 6.20 Å². The van der Waals surface area contributed by atoms with E-state index >= 15 is 0 Å². The summed E-state index contributed by atoms with van der Waals surface area (Å²) in [6, 6.07) is 5.56. The number of nitrogens with zero attached hydrogens (tertiary/aromatic N) is 2. The van der Waals surface area contributed by atoms with Gasteiger partial charge in [-0.05, 0) is 50.0 Å². The van der Waals surface area contributed by atoms with E-state index in [2.05, 4.69) is 36.0 Å². The Labute approximate surface area is 166 Å². The summed E-state index contributed by atoms with van der Waals surface area (Å²) in [7, 11) is 0. The van der Waals surface area contributed by atoms with Crippen molar-refractivity contribution in [2.24, 2.45) is 5.92 Å². The van der Waals surface area contributed by atoms with Crippen LogP contribution in [0.15, 0.2) is 30.5 Å². The SMILES string of the molecule is CCCN(CCCNc1ccnc2cc(C(F)(F)F)ccc12)CC(CC)CC. The van der Waals surface area contributed by atoms with Crippen molar-refractivity contribution < 1.29 is 13.2 Å². The molecular weight excluding hydrogens is 363 g/mol. The van der Waals surface area contributed by atoms with Crippen molar-refractivity contribution in [3.63, 3.8) is 0 Å². The van der Waals surface area contributed by atoms with E-state index in [4.69, 9.17) is 0 Å². The molecule has 1 aromatic carbocycles. The van der Waals surface area contributed by atoms with Crippen LogP contribution < -0.4 is 5.32 Å². The molecule has 6 heteroatoms. The minimum absolute atomic E-state index is 0.362. The maximum Gasteiger partial charge on any atom is 0.416 e. The van der Waals surface area contributed by atoms with E-state index in [1.807, 2.05) is 6.07 Å². The van der Waals surface area contributed by atoms with E-state index in [0.717, 1.165) is 68.1 Å². The number of pyridine rings is 1. The molecule has 28 heavy (non-hydrogen) atoms. The Kier molecular flexibility index (Phi) is 8.55. The number of anilines is 1. The molecule has 0 fully saturated rings. The minimum Gasteiger partial charge on any atom is -0.384 e. The first-order valence-corrected chi connectivity index (χ1v) is 10.3. The molecule has 0 atom stereocenters. The molecule has 2 rings (SSSR count). The van der Waals surface area contributed by atoms with Gasteiger partial charge in [-0.25, -0.2) is 0 Å². The van der Waals surface area contributed by atoms with Crippen LogP contribution in [0.4, 0.5) is 18.9 Å². The molecule has 0 spiro atoms.